The quantitative estimate of drug-likeness (QED) is 0.360. The second-order valence-electron chi connectivity index (χ2n) is 9.35. The largest absolute Gasteiger partial charge is 0.322 e. The van der Waals surface area contributed by atoms with Gasteiger partial charge in [-0.1, -0.05) is 30.3 Å². The Kier molecular flexibility index (Phi) is 6.72. The van der Waals surface area contributed by atoms with Gasteiger partial charge in [0, 0.05) is 18.2 Å². The first-order chi connectivity index (χ1) is 18.4. The molecule has 13 heteroatoms. The first-order valence-electron chi connectivity index (χ1n) is 12.0. The topological polar surface area (TPSA) is 157 Å². The van der Waals surface area contributed by atoms with Crippen LogP contribution in [0.25, 0.3) is 22.3 Å². The summed E-state index contributed by atoms with van der Waals surface area (Å²) in [5, 5.41) is 7.88. The fraction of sp³-hybridized carbons (Fsp3) is 0.231. The number of rotatable bonds is 6. The minimum Gasteiger partial charge on any atom is -0.322 e. The Labute approximate surface area is 225 Å². The highest BCUT2D eigenvalue weighted by Crippen LogP contribution is 2.32. The Balaban J connectivity index is 1.56. The highest BCUT2D eigenvalue weighted by atomic mass is 32.2. The number of nitrogens with one attached hydrogen (secondary N) is 2. The zero-order valence-electron chi connectivity index (χ0n) is 21.1. The molecule has 2 aromatic heterocycles. The number of carbonyl (C=O) groups excluding carboxylic acids is 2. The van der Waals surface area contributed by atoms with E-state index in [0.717, 1.165) is 12.5 Å². The van der Waals surface area contributed by atoms with Crippen molar-refractivity contribution in [2.75, 3.05) is 16.8 Å². The standard InChI is InChI=1S/C26H25N5O6S2/c1-16-24-22(26(33)27-19-8-10-21(11-9-19)39(36,37)30-17(2)32)14-23(18-6-4-3-5-7-18)28-25(24)31(29-16)20-12-13-38(34,35)15-20/h3-11,14,20H,12-13,15H2,1-2H3,(H,27,33)(H,30,32). The van der Waals surface area contributed by atoms with Gasteiger partial charge in [0.15, 0.2) is 15.5 Å². The predicted molar refractivity (Wildman–Crippen MR) is 145 cm³/mol. The molecule has 2 aromatic carbocycles. The van der Waals surface area contributed by atoms with Gasteiger partial charge in [-0.2, -0.15) is 5.10 Å². The van der Waals surface area contributed by atoms with Crippen LogP contribution in [-0.4, -0.2) is 54.9 Å². The number of hydrogen-bond acceptors (Lipinski definition) is 8. The van der Waals surface area contributed by atoms with Crippen LogP contribution in [0.3, 0.4) is 0 Å². The number of aromatic nitrogens is 3. The summed E-state index contributed by atoms with van der Waals surface area (Å²) in [5.41, 5.74) is 2.86. The molecule has 0 bridgehead atoms. The zero-order chi connectivity index (χ0) is 27.9. The maximum atomic E-state index is 13.6. The van der Waals surface area contributed by atoms with Gasteiger partial charge in [-0.25, -0.2) is 31.2 Å². The highest BCUT2D eigenvalue weighted by Gasteiger charge is 2.32. The van der Waals surface area contributed by atoms with Crippen molar-refractivity contribution >= 4 is 48.4 Å². The van der Waals surface area contributed by atoms with Crippen LogP contribution < -0.4 is 10.0 Å². The Morgan fingerprint density at radius 3 is 2.36 bits per heavy atom. The first kappa shape index (κ1) is 26.5. The lowest BCUT2D eigenvalue weighted by atomic mass is 10.0. The molecule has 2 N–H and O–H groups in total. The first-order valence-corrected chi connectivity index (χ1v) is 15.3. The van der Waals surface area contributed by atoms with Crippen LogP contribution >= 0.6 is 0 Å². The van der Waals surface area contributed by atoms with Crippen LogP contribution in [0, 0.1) is 6.92 Å². The third-order valence-corrected chi connectivity index (χ3v) is 9.61. The lowest BCUT2D eigenvalue weighted by Crippen LogP contribution is -2.28. The normalized spacial score (nSPS) is 16.7. The van der Waals surface area contributed by atoms with Gasteiger partial charge in [-0.3, -0.25) is 9.59 Å². The molecule has 1 aliphatic rings. The molecule has 39 heavy (non-hydrogen) atoms. The smallest absolute Gasteiger partial charge is 0.264 e. The Morgan fingerprint density at radius 1 is 1.05 bits per heavy atom. The van der Waals surface area contributed by atoms with Crippen molar-refractivity contribution in [3.8, 4) is 11.3 Å². The van der Waals surface area contributed by atoms with Crippen molar-refractivity contribution in [3.05, 3.63) is 71.9 Å². The fourth-order valence-electron chi connectivity index (χ4n) is 4.64. The minimum atomic E-state index is -4.02. The number of nitrogens with zero attached hydrogens (tertiary/aromatic N) is 3. The van der Waals surface area contributed by atoms with Gasteiger partial charge in [0.25, 0.3) is 15.9 Å². The Bertz CT molecular complexity index is 1820. The molecule has 1 unspecified atom stereocenters. The van der Waals surface area contributed by atoms with Gasteiger partial charge in [0.1, 0.15) is 0 Å². The van der Waals surface area contributed by atoms with E-state index in [1.807, 2.05) is 35.1 Å². The molecular formula is C26H25N5O6S2. The van der Waals surface area contributed by atoms with Crippen LogP contribution in [0.5, 0.6) is 0 Å². The second kappa shape index (κ2) is 9.89. The van der Waals surface area contributed by atoms with Crippen LogP contribution in [-0.2, 0) is 24.7 Å². The molecule has 1 saturated heterocycles. The summed E-state index contributed by atoms with van der Waals surface area (Å²) < 4.78 is 52.3. The number of hydrogen-bond donors (Lipinski definition) is 2. The number of fused-ring (bicyclic) bond motifs is 1. The molecule has 0 radical (unpaired) electrons. The van der Waals surface area contributed by atoms with Crippen molar-refractivity contribution < 1.29 is 26.4 Å². The number of aryl methyl sites for hydroxylation is 1. The van der Waals surface area contributed by atoms with Gasteiger partial charge >= 0.3 is 0 Å². The molecule has 5 rings (SSSR count). The predicted octanol–water partition coefficient (Wildman–Crippen LogP) is 2.84. The number of benzene rings is 2. The van der Waals surface area contributed by atoms with E-state index < -0.39 is 37.7 Å². The van der Waals surface area contributed by atoms with E-state index in [2.05, 4.69) is 10.4 Å². The molecule has 4 aromatic rings. The van der Waals surface area contributed by atoms with E-state index in [-0.39, 0.29) is 16.4 Å². The van der Waals surface area contributed by atoms with Crippen LogP contribution in [0.2, 0.25) is 0 Å². The number of anilines is 1. The number of carbonyl (C=O) groups is 2. The summed E-state index contributed by atoms with van der Waals surface area (Å²) in [7, 11) is -7.20. The highest BCUT2D eigenvalue weighted by molar-refractivity contribution is 7.91. The number of pyridine rings is 1. The molecular weight excluding hydrogens is 542 g/mol. The minimum absolute atomic E-state index is 0.0459. The maximum Gasteiger partial charge on any atom is 0.264 e. The monoisotopic (exact) mass is 567 g/mol. The molecule has 0 spiro atoms. The van der Waals surface area contributed by atoms with E-state index in [4.69, 9.17) is 4.98 Å². The lowest BCUT2D eigenvalue weighted by Gasteiger charge is -2.13. The van der Waals surface area contributed by atoms with E-state index >= 15 is 0 Å². The summed E-state index contributed by atoms with van der Waals surface area (Å²) in [4.78, 5) is 29.4. The molecule has 0 aliphatic carbocycles. The molecule has 1 atom stereocenters. The van der Waals surface area contributed by atoms with Gasteiger partial charge in [-0.15, -0.1) is 0 Å². The molecule has 202 valence electrons. The van der Waals surface area contributed by atoms with Crippen molar-refractivity contribution in [2.45, 2.75) is 31.2 Å². The number of sulfonamides is 1. The fourth-order valence-corrected chi connectivity index (χ4v) is 7.32. The Morgan fingerprint density at radius 2 is 1.74 bits per heavy atom. The van der Waals surface area contributed by atoms with Gasteiger partial charge in [0.05, 0.1) is 44.8 Å². The average Bonchev–Trinajstić information content (AvgIpc) is 3.42. The van der Waals surface area contributed by atoms with Gasteiger partial charge < -0.3 is 5.32 Å². The Hall–Kier alpha value is -4.10. The van der Waals surface area contributed by atoms with Crippen molar-refractivity contribution in [1.82, 2.24) is 19.5 Å². The molecule has 1 fully saturated rings. The third kappa shape index (κ3) is 5.40. The molecule has 0 saturated carbocycles. The second-order valence-corrected chi connectivity index (χ2v) is 13.3. The van der Waals surface area contributed by atoms with E-state index in [1.54, 1.807) is 17.7 Å². The average molecular weight is 568 g/mol. The third-order valence-electron chi connectivity index (χ3n) is 6.41. The summed E-state index contributed by atoms with van der Waals surface area (Å²) in [5.74, 6) is -1.17. The van der Waals surface area contributed by atoms with Crippen molar-refractivity contribution in [3.63, 3.8) is 0 Å². The molecule has 1 aliphatic heterocycles. The lowest BCUT2D eigenvalue weighted by molar-refractivity contribution is -0.117. The summed E-state index contributed by atoms with van der Waals surface area (Å²) >= 11 is 0. The van der Waals surface area contributed by atoms with E-state index in [9.17, 15) is 26.4 Å². The summed E-state index contributed by atoms with van der Waals surface area (Å²) in [6, 6.07) is 16.0. The SMILES string of the molecule is CC(=O)NS(=O)(=O)c1ccc(NC(=O)c2cc(-c3ccccc3)nc3c2c(C)nn3C2CCS(=O)(=O)C2)cc1. The number of sulfone groups is 1. The van der Waals surface area contributed by atoms with Crippen molar-refractivity contribution in [1.29, 1.82) is 0 Å². The summed E-state index contributed by atoms with van der Waals surface area (Å²) in [6.45, 7) is 2.84. The van der Waals surface area contributed by atoms with Crippen LogP contribution in [0.15, 0.2) is 65.6 Å². The van der Waals surface area contributed by atoms with Crippen molar-refractivity contribution in [2.24, 2.45) is 0 Å². The van der Waals surface area contributed by atoms with E-state index in [0.29, 0.717) is 40.1 Å². The molecule has 3 heterocycles. The summed E-state index contributed by atoms with van der Waals surface area (Å²) in [6.07, 6.45) is 0.408. The molecule has 2 amide bonds. The van der Waals surface area contributed by atoms with Gasteiger partial charge in [0.2, 0.25) is 5.91 Å². The van der Waals surface area contributed by atoms with Gasteiger partial charge in [-0.05, 0) is 43.7 Å². The maximum absolute atomic E-state index is 13.6. The van der Waals surface area contributed by atoms with Crippen LogP contribution in [0.4, 0.5) is 5.69 Å². The number of amides is 2. The zero-order valence-corrected chi connectivity index (χ0v) is 22.7. The van der Waals surface area contributed by atoms with Crippen LogP contribution in [0.1, 0.15) is 35.4 Å². The van der Waals surface area contributed by atoms with E-state index in [1.165, 1.54) is 24.3 Å². The molecule has 11 nitrogen and oxygen atoms in total.